The molecule has 0 aromatic heterocycles. The van der Waals surface area contributed by atoms with Gasteiger partial charge in [0.25, 0.3) is 0 Å². The zero-order valence-corrected chi connectivity index (χ0v) is 9.22. The summed E-state index contributed by atoms with van der Waals surface area (Å²) in [7, 11) is 0. The SMILES string of the molecule is CC(CCO)C(C)CC(C)(C)C. The molecule has 0 bridgehead atoms. The lowest BCUT2D eigenvalue weighted by Gasteiger charge is -2.27. The van der Waals surface area contributed by atoms with Gasteiger partial charge in [-0.05, 0) is 30.1 Å². The number of aliphatic hydroxyl groups excluding tert-OH is 1. The molecule has 12 heavy (non-hydrogen) atoms. The molecule has 0 saturated carbocycles. The van der Waals surface area contributed by atoms with Crippen molar-refractivity contribution in [2.75, 3.05) is 6.61 Å². The largest absolute Gasteiger partial charge is 0.396 e. The Morgan fingerprint density at radius 3 is 1.92 bits per heavy atom. The van der Waals surface area contributed by atoms with E-state index >= 15 is 0 Å². The molecule has 0 aliphatic rings. The highest BCUT2D eigenvalue weighted by Crippen LogP contribution is 2.29. The Morgan fingerprint density at radius 2 is 1.58 bits per heavy atom. The zero-order valence-electron chi connectivity index (χ0n) is 9.22. The summed E-state index contributed by atoms with van der Waals surface area (Å²) in [5.74, 6) is 1.37. The molecule has 0 saturated heterocycles. The Balaban J connectivity index is 3.78. The van der Waals surface area contributed by atoms with E-state index in [0.29, 0.717) is 17.9 Å². The van der Waals surface area contributed by atoms with Gasteiger partial charge in [0.15, 0.2) is 0 Å². The predicted octanol–water partition coefficient (Wildman–Crippen LogP) is 3.08. The average Bonchev–Trinajstić information content (AvgIpc) is 1.84. The molecule has 74 valence electrons. The van der Waals surface area contributed by atoms with E-state index in [2.05, 4.69) is 34.6 Å². The summed E-state index contributed by atoms with van der Waals surface area (Å²) in [6.45, 7) is 11.7. The first kappa shape index (κ1) is 12.0. The number of hydrogen-bond acceptors (Lipinski definition) is 1. The molecule has 0 amide bonds. The van der Waals surface area contributed by atoms with Crippen LogP contribution in [0.3, 0.4) is 0 Å². The van der Waals surface area contributed by atoms with Crippen molar-refractivity contribution in [2.24, 2.45) is 17.3 Å². The second kappa shape index (κ2) is 4.86. The van der Waals surface area contributed by atoms with Gasteiger partial charge in [-0.25, -0.2) is 0 Å². The molecular formula is C11H24O. The molecule has 1 nitrogen and oxygen atoms in total. The van der Waals surface area contributed by atoms with Crippen molar-refractivity contribution in [3.63, 3.8) is 0 Å². The van der Waals surface area contributed by atoms with Crippen molar-refractivity contribution >= 4 is 0 Å². The molecule has 0 aromatic rings. The monoisotopic (exact) mass is 172 g/mol. The first-order valence-electron chi connectivity index (χ1n) is 4.97. The maximum absolute atomic E-state index is 8.78. The quantitative estimate of drug-likeness (QED) is 0.691. The fourth-order valence-corrected chi connectivity index (χ4v) is 1.66. The molecule has 2 atom stereocenters. The highest BCUT2D eigenvalue weighted by molar-refractivity contribution is 4.70. The van der Waals surface area contributed by atoms with Gasteiger partial charge in [0.1, 0.15) is 0 Å². The van der Waals surface area contributed by atoms with Gasteiger partial charge < -0.3 is 5.11 Å². The van der Waals surface area contributed by atoms with Crippen molar-refractivity contribution < 1.29 is 5.11 Å². The minimum Gasteiger partial charge on any atom is -0.396 e. The third kappa shape index (κ3) is 5.59. The smallest absolute Gasteiger partial charge is 0.0433 e. The molecule has 0 rings (SSSR count). The highest BCUT2D eigenvalue weighted by atomic mass is 16.3. The van der Waals surface area contributed by atoms with Crippen LogP contribution in [0.2, 0.25) is 0 Å². The summed E-state index contributed by atoms with van der Waals surface area (Å²) in [6.07, 6.45) is 2.19. The molecule has 0 aromatic carbocycles. The van der Waals surface area contributed by atoms with Crippen LogP contribution < -0.4 is 0 Å². The van der Waals surface area contributed by atoms with E-state index in [1.54, 1.807) is 0 Å². The Labute approximate surface area is 77.2 Å². The molecule has 1 heteroatoms. The normalized spacial score (nSPS) is 17.5. The minimum atomic E-state index is 0.329. The fraction of sp³-hybridized carbons (Fsp3) is 1.00. The van der Waals surface area contributed by atoms with E-state index in [1.165, 1.54) is 6.42 Å². The van der Waals surface area contributed by atoms with Gasteiger partial charge in [0.2, 0.25) is 0 Å². The van der Waals surface area contributed by atoms with Crippen LogP contribution in [-0.2, 0) is 0 Å². The van der Waals surface area contributed by atoms with Crippen LogP contribution >= 0.6 is 0 Å². The second-order valence-electron chi connectivity index (χ2n) is 5.23. The summed E-state index contributed by atoms with van der Waals surface area (Å²) in [5.41, 5.74) is 0.420. The summed E-state index contributed by atoms with van der Waals surface area (Å²) < 4.78 is 0. The molecule has 0 heterocycles. The number of rotatable bonds is 4. The third-order valence-corrected chi connectivity index (χ3v) is 2.49. The van der Waals surface area contributed by atoms with E-state index in [-0.39, 0.29) is 0 Å². The molecule has 0 radical (unpaired) electrons. The molecule has 0 aliphatic heterocycles. The van der Waals surface area contributed by atoms with Gasteiger partial charge in [-0.3, -0.25) is 0 Å². The van der Waals surface area contributed by atoms with Crippen LogP contribution in [0, 0.1) is 17.3 Å². The summed E-state index contributed by atoms with van der Waals surface area (Å²) in [5, 5.41) is 8.78. The molecule has 1 N–H and O–H groups in total. The van der Waals surface area contributed by atoms with E-state index in [1.807, 2.05) is 0 Å². The number of aliphatic hydroxyl groups is 1. The lowest BCUT2D eigenvalue weighted by Crippen LogP contribution is -2.17. The van der Waals surface area contributed by atoms with Crippen molar-refractivity contribution in [3.05, 3.63) is 0 Å². The Kier molecular flexibility index (Phi) is 4.84. The minimum absolute atomic E-state index is 0.329. The molecule has 0 aliphatic carbocycles. The van der Waals surface area contributed by atoms with E-state index < -0.39 is 0 Å². The lowest BCUT2D eigenvalue weighted by molar-refractivity contribution is 0.199. The first-order chi connectivity index (χ1) is 5.37. The maximum atomic E-state index is 8.78. The first-order valence-corrected chi connectivity index (χ1v) is 4.97. The average molecular weight is 172 g/mol. The number of hydrogen-bond donors (Lipinski definition) is 1. The van der Waals surface area contributed by atoms with Crippen LogP contribution in [0.25, 0.3) is 0 Å². The molecule has 2 unspecified atom stereocenters. The summed E-state index contributed by atoms with van der Waals surface area (Å²) >= 11 is 0. The van der Waals surface area contributed by atoms with Gasteiger partial charge in [-0.15, -0.1) is 0 Å². The highest BCUT2D eigenvalue weighted by Gasteiger charge is 2.19. The Hall–Kier alpha value is -0.0400. The van der Waals surface area contributed by atoms with Gasteiger partial charge in [0.05, 0.1) is 0 Å². The summed E-state index contributed by atoms with van der Waals surface area (Å²) in [6, 6.07) is 0. The van der Waals surface area contributed by atoms with E-state index in [4.69, 9.17) is 5.11 Å². The van der Waals surface area contributed by atoms with Crippen molar-refractivity contribution in [1.29, 1.82) is 0 Å². The fourth-order valence-electron chi connectivity index (χ4n) is 1.66. The Morgan fingerprint density at radius 1 is 1.08 bits per heavy atom. The van der Waals surface area contributed by atoms with Crippen LogP contribution in [0.15, 0.2) is 0 Å². The standard InChI is InChI=1S/C11H24O/c1-9(6-7-12)10(2)8-11(3,4)5/h9-10,12H,6-8H2,1-5H3. The van der Waals surface area contributed by atoms with Crippen LogP contribution in [0.5, 0.6) is 0 Å². The van der Waals surface area contributed by atoms with Gasteiger partial charge in [-0.1, -0.05) is 34.6 Å². The van der Waals surface area contributed by atoms with Crippen molar-refractivity contribution in [3.8, 4) is 0 Å². The summed E-state index contributed by atoms with van der Waals surface area (Å²) in [4.78, 5) is 0. The molecule has 0 spiro atoms. The third-order valence-electron chi connectivity index (χ3n) is 2.49. The molecule has 0 fully saturated rings. The lowest BCUT2D eigenvalue weighted by atomic mass is 9.79. The van der Waals surface area contributed by atoms with Crippen molar-refractivity contribution in [1.82, 2.24) is 0 Å². The Bertz CT molecular complexity index is 113. The van der Waals surface area contributed by atoms with Crippen LogP contribution in [-0.4, -0.2) is 11.7 Å². The second-order valence-corrected chi connectivity index (χ2v) is 5.23. The van der Waals surface area contributed by atoms with Crippen molar-refractivity contribution in [2.45, 2.75) is 47.5 Å². The predicted molar refractivity (Wildman–Crippen MR) is 54.1 cm³/mol. The van der Waals surface area contributed by atoms with Crippen LogP contribution in [0.4, 0.5) is 0 Å². The van der Waals surface area contributed by atoms with E-state index in [0.717, 1.165) is 12.3 Å². The van der Waals surface area contributed by atoms with E-state index in [9.17, 15) is 0 Å². The van der Waals surface area contributed by atoms with Gasteiger partial charge in [0, 0.05) is 6.61 Å². The molecular weight excluding hydrogens is 148 g/mol. The van der Waals surface area contributed by atoms with Crippen LogP contribution in [0.1, 0.15) is 47.5 Å². The van der Waals surface area contributed by atoms with Gasteiger partial charge >= 0.3 is 0 Å². The van der Waals surface area contributed by atoms with Gasteiger partial charge in [-0.2, -0.15) is 0 Å². The maximum Gasteiger partial charge on any atom is 0.0433 e. The zero-order chi connectivity index (χ0) is 9.78. The topological polar surface area (TPSA) is 20.2 Å².